The van der Waals surface area contributed by atoms with Gasteiger partial charge in [-0.2, -0.15) is 11.8 Å². The lowest BCUT2D eigenvalue weighted by molar-refractivity contribution is -0.146. The van der Waals surface area contributed by atoms with E-state index in [1.54, 1.807) is 16.7 Å². The first kappa shape index (κ1) is 16.3. The zero-order chi connectivity index (χ0) is 14.4. The van der Waals surface area contributed by atoms with Gasteiger partial charge in [0.2, 0.25) is 5.91 Å². The second kappa shape index (κ2) is 7.78. The van der Waals surface area contributed by atoms with Gasteiger partial charge in [-0.05, 0) is 30.4 Å². The Labute approximate surface area is 119 Å². The Kier molecular flexibility index (Phi) is 6.69. The summed E-state index contributed by atoms with van der Waals surface area (Å²) >= 11 is 1.66. The van der Waals surface area contributed by atoms with Crippen molar-refractivity contribution in [2.75, 3.05) is 24.6 Å². The summed E-state index contributed by atoms with van der Waals surface area (Å²) in [5.74, 6) is 1.33. The maximum absolute atomic E-state index is 12.1. The number of carbonyl (C=O) groups excluding carboxylic acids is 1. The van der Waals surface area contributed by atoms with E-state index >= 15 is 0 Å². The topological polar surface area (TPSA) is 57.6 Å². The van der Waals surface area contributed by atoms with Crippen molar-refractivity contribution in [1.82, 2.24) is 4.90 Å². The number of hydrogen-bond donors (Lipinski definition) is 1. The Balaban J connectivity index is 2.36. The average Bonchev–Trinajstić information content (AvgIpc) is 2.33. The maximum Gasteiger partial charge on any atom is 0.308 e. The van der Waals surface area contributed by atoms with Crippen molar-refractivity contribution in [3.63, 3.8) is 0 Å². The van der Waals surface area contributed by atoms with Gasteiger partial charge in [0.05, 0.1) is 11.7 Å². The number of nitrogens with zero attached hydrogens (tertiary/aromatic N) is 1. The summed E-state index contributed by atoms with van der Waals surface area (Å²) in [6, 6.07) is 0. The molecule has 1 fully saturated rings. The molecule has 1 aliphatic rings. The summed E-state index contributed by atoms with van der Waals surface area (Å²) in [5, 5.41) is 9.09. The van der Waals surface area contributed by atoms with Gasteiger partial charge in [0.25, 0.3) is 0 Å². The third kappa shape index (κ3) is 5.85. The molecule has 19 heavy (non-hydrogen) atoms. The van der Waals surface area contributed by atoms with E-state index in [1.165, 1.54) is 0 Å². The molecule has 110 valence electrons. The lowest BCUT2D eigenvalue weighted by Gasteiger charge is -2.34. The Hall–Kier alpha value is -0.710. The van der Waals surface area contributed by atoms with Crippen molar-refractivity contribution in [3.05, 3.63) is 0 Å². The van der Waals surface area contributed by atoms with Gasteiger partial charge >= 0.3 is 5.97 Å². The minimum absolute atomic E-state index is 0.0894. The number of hydrogen-bond acceptors (Lipinski definition) is 3. The quantitative estimate of drug-likeness (QED) is 0.762. The molecule has 0 bridgehead atoms. The number of thioether (sulfide) groups is 1. The van der Waals surface area contributed by atoms with Crippen molar-refractivity contribution in [3.8, 4) is 0 Å². The zero-order valence-corrected chi connectivity index (χ0v) is 12.9. The summed E-state index contributed by atoms with van der Waals surface area (Å²) in [7, 11) is 0. The van der Waals surface area contributed by atoms with Gasteiger partial charge in [0.1, 0.15) is 0 Å². The number of likely N-dealkylation sites (tertiary alicyclic amines) is 1. The molecular formula is C14H25NO3S. The van der Waals surface area contributed by atoms with E-state index in [2.05, 4.69) is 13.8 Å². The molecule has 0 aromatic rings. The lowest BCUT2D eigenvalue weighted by Crippen LogP contribution is -2.46. The van der Waals surface area contributed by atoms with E-state index < -0.39 is 11.9 Å². The highest BCUT2D eigenvalue weighted by Gasteiger charge is 2.31. The molecule has 0 aromatic heterocycles. The van der Waals surface area contributed by atoms with Crippen LogP contribution in [0.3, 0.4) is 0 Å². The van der Waals surface area contributed by atoms with Crippen molar-refractivity contribution < 1.29 is 14.7 Å². The van der Waals surface area contributed by atoms with Crippen molar-refractivity contribution in [2.24, 2.45) is 17.8 Å². The first-order valence-corrected chi connectivity index (χ1v) is 8.14. The average molecular weight is 287 g/mol. The minimum Gasteiger partial charge on any atom is -0.481 e. The molecule has 0 aromatic carbocycles. The predicted molar refractivity (Wildman–Crippen MR) is 78.3 cm³/mol. The maximum atomic E-state index is 12.1. The van der Waals surface area contributed by atoms with Crippen molar-refractivity contribution in [1.29, 1.82) is 0 Å². The Morgan fingerprint density at radius 3 is 2.63 bits per heavy atom. The molecular weight excluding hydrogens is 262 g/mol. The summed E-state index contributed by atoms with van der Waals surface area (Å²) in [6.45, 7) is 7.44. The van der Waals surface area contributed by atoms with Crippen LogP contribution >= 0.6 is 11.8 Å². The molecule has 1 amide bonds. The summed E-state index contributed by atoms with van der Waals surface area (Å²) in [4.78, 5) is 24.9. The number of piperidine rings is 1. The third-order valence-electron chi connectivity index (χ3n) is 3.43. The van der Waals surface area contributed by atoms with Crippen LogP contribution in [0.15, 0.2) is 0 Å². The first-order chi connectivity index (χ1) is 8.90. The number of carbonyl (C=O) groups is 2. The van der Waals surface area contributed by atoms with Crippen LogP contribution in [0, 0.1) is 17.8 Å². The molecule has 2 unspecified atom stereocenters. The van der Waals surface area contributed by atoms with Crippen LogP contribution in [-0.4, -0.2) is 46.5 Å². The van der Waals surface area contributed by atoms with Crippen LogP contribution in [-0.2, 0) is 9.59 Å². The lowest BCUT2D eigenvalue weighted by atomic mass is 9.90. The van der Waals surface area contributed by atoms with Gasteiger partial charge in [0.15, 0.2) is 0 Å². The van der Waals surface area contributed by atoms with Crippen molar-refractivity contribution in [2.45, 2.75) is 33.6 Å². The van der Waals surface area contributed by atoms with Crippen LogP contribution in [0.5, 0.6) is 0 Å². The molecule has 1 saturated heterocycles. The van der Waals surface area contributed by atoms with E-state index in [-0.39, 0.29) is 11.8 Å². The van der Waals surface area contributed by atoms with E-state index in [0.717, 1.165) is 12.2 Å². The van der Waals surface area contributed by atoms with Crippen molar-refractivity contribution >= 4 is 23.6 Å². The monoisotopic (exact) mass is 287 g/mol. The molecule has 0 saturated carbocycles. The number of carboxylic acid groups (broad SMARTS) is 1. The molecule has 1 heterocycles. The molecule has 4 nitrogen and oxygen atoms in total. The summed E-state index contributed by atoms with van der Waals surface area (Å²) in [6.07, 6.45) is 1.80. The van der Waals surface area contributed by atoms with Gasteiger partial charge in [-0.25, -0.2) is 0 Å². The standard InChI is InChI=1S/C14H25NO3S/c1-10(2)4-5-19-9-13(16)15-7-11(3)6-12(8-15)14(17)18/h10-12H,4-9H2,1-3H3,(H,17,18). The van der Waals surface area contributed by atoms with Gasteiger partial charge in [0, 0.05) is 13.1 Å². The fourth-order valence-electron chi connectivity index (χ4n) is 2.30. The van der Waals surface area contributed by atoms with Crippen LogP contribution in [0.2, 0.25) is 0 Å². The van der Waals surface area contributed by atoms with Gasteiger partial charge in [-0.3, -0.25) is 9.59 Å². The Bertz CT molecular complexity index is 320. The molecule has 0 spiro atoms. The highest BCUT2D eigenvalue weighted by molar-refractivity contribution is 7.99. The van der Waals surface area contributed by atoms with Crippen LogP contribution in [0.1, 0.15) is 33.6 Å². The Morgan fingerprint density at radius 2 is 2.05 bits per heavy atom. The van der Waals surface area contributed by atoms with Gasteiger partial charge < -0.3 is 10.0 Å². The fourth-order valence-corrected chi connectivity index (χ4v) is 3.44. The minimum atomic E-state index is -0.781. The second-order valence-corrected chi connectivity index (χ2v) is 7.02. The van der Waals surface area contributed by atoms with E-state index in [0.29, 0.717) is 31.2 Å². The SMILES string of the molecule is CC(C)CCSCC(=O)N1CC(C)CC(C(=O)O)C1. The number of amides is 1. The van der Waals surface area contributed by atoms with Gasteiger partial charge in [-0.15, -0.1) is 0 Å². The largest absolute Gasteiger partial charge is 0.481 e. The predicted octanol–water partition coefficient (Wildman–Crippen LogP) is 2.33. The number of rotatable bonds is 6. The molecule has 5 heteroatoms. The first-order valence-electron chi connectivity index (χ1n) is 6.98. The third-order valence-corrected chi connectivity index (χ3v) is 4.40. The van der Waals surface area contributed by atoms with E-state index in [1.807, 2.05) is 6.92 Å². The molecule has 1 N–H and O–H groups in total. The van der Waals surface area contributed by atoms with E-state index in [4.69, 9.17) is 5.11 Å². The fraction of sp³-hybridized carbons (Fsp3) is 0.857. The molecule has 0 radical (unpaired) electrons. The van der Waals surface area contributed by atoms with Crippen LogP contribution in [0.4, 0.5) is 0 Å². The second-order valence-electron chi connectivity index (χ2n) is 5.91. The summed E-state index contributed by atoms with van der Waals surface area (Å²) < 4.78 is 0. The van der Waals surface area contributed by atoms with E-state index in [9.17, 15) is 9.59 Å². The molecule has 1 rings (SSSR count). The molecule has 0 aliphatic carbocycles. The normalized spacial score (nSPS) is 23.7. The number of aliphatic carboxylic acids is 1. The molecule has 2 atom stereocenters. The Morgan fingerprint density at radius 1 is 1.37 bits per heavy atom. The molecule has 1 aliphatic heterocycles. The van der Waals surface area contributed by atoms with Gasteiger partial charge in [-0.1, -0.05) is 20.8 Å². The number of carboxylic acids is 1. The smallest absolute Gasteiger partial charge is 0.308 e. The highest BCUT2D eigenvalue weighted by Crippen LogP contribution is 2.22. The van der Waals surface area contributed by atoms with Crippen LogP contribution in [0.25, 0.3) is 0 Å². The summed E-state index contributed by atoms with van der Waals surface area (Å²) in [5.41, 5.74) is 0. The van der Waals surface area contributed by atoms with Crippen LogP contribution < -0.4 is 0 Å². The zero-order valence-electron chi connectivity index (χ0n) is 12.1. The highest BCUT2D eigenvalue weighted by atomic mass is 32.2.